The van der Waals surface area contributed by atoms with E-state index in [0.717, 1.165) is 31.5 Å². The van der Waals surface area contributed by atoms with E-state index >= 15 is 0 Å². The summed E-state index contributed by atoms with van der Waals surface area (Å²) in [6.07, 6.45) is 4.21. The minimum absolute atomic E-state index is 0. The van der Waals surface area contributed by atoms with Crippen LogP contribution in [0.15, 0.2) is 42.5 Å². The van der Waals surface area contributed by atoms with Gasteiger partial charge in [-0.05, 0) is 59.1 Å². The summed E-state index contributed by atoms with van der Waals surface area (Å²) in [5, 5.41) is 3.63. The van der Waals surface area contributed by atoms with Gasteiger partial charge in [-0.1, -0.05) is 36.8 Å². The molecule has 0 amide bonds. The van der Waals surface area contributed by atoms with Crippen LogP contribution in [0.4, 0.5) is 5.69 Å². The minimum Gasteiger partial charge on any atom is -0.369 e. The SMILES string of the molecule is Cl.c1ccc(-c2cc3c4c(c2)C2CCCC2CN4CCNC3)cc1. The molecule has 0 aromatic heterocycles. The molecule has 0 saturated heterocycles. The Morgan fingerprint density at radius 1 is 1.00 bits per heavy atom. The highest BCUT2D eigenvalue weighted by Crippen LogP contribution is 2.50. The van der Waals surface area contributed by atoms with E-state index in [0.29, 0.717) is 0 Å². The second-order valence-corrected chi connectivity index (χ2v) is 7.36. The van der Waals surface area contributed by atoms with Gasteiger partial charge in [-0.15, -0.1) is 12.4 Å². The second kappa shape index (κ2) is 6.42. The molecule has 1 aliphatic carbocycles. The maximum Gasteiger partial charge on any atom is 0.0448 e. The van der Waals surface area contributed by atoms with Gasteiger partial charge in [-0.3, -0.25) is 0 Å². The van der Waals surface area contributed by atoms with Crippen molar-refractivity contribution in [3.63, 3.8) is 0 Å². The third-order valence-corrected chi connectivity index (χ3v) is 6.03. The predicted molar refractivity (Wildman–Crippen MR) is 103 cm³/mol. The number of hydrogen-bond donors (Lipinski definition) is 1. The van der Waals surface area contributed by atoms with Crippen molar-refractivity contribution in [1.29, 1.82) is 0 Å². The third kappa shape index (κ3) is 2.53. The fourth-order valence-corrected chi connectivity index (χ4v) is 5.00. The van der Waals surface area contributed by atoms with Crippen molar-refractivity contribution in [1.82, 2.24) is 5.32 Å². The topological polar surface area (TPSA) is 15.3 Å². The average molecular weight is 341 g/mol. The molecule has 3 heteroatoms. The number of halogens is 1. The lowest BCUT2D eigenvalue weighted by Crippen LogP contribution is -2.38. The zero-order chi connectivity index (χ0) is 15.2. The van der Waals surface area contributed by atoms with Crippen LogP contribution in [0, 0.1) is 5.92 Å². The normalized spacial score (nSPS) is 24.6. The molecule has 2 heterocycles. The predicted octanol–water partition coefficient (Wildman–Crippen LogP) is 4.58. The van der Waals surface area contributed by atoms with Gasteiger partial charge in [0.05, 0.1) is 0 Å². The smallest absolute Gasteiger partial charge is 0.0448 e. The van der Waals surface area contributed by atoms with E-state index < -0.39 is 0 Å². The first kappa shape index (κ1) is 16.0. The molecule has 126 valence electrons. The molecule has 2 unspecified atom stereocenters. The fourth-order valence-electron chi connectivity index (χ4n) is 5.00. The van der Waals surface area contributed by atoms with Gasteiger partial charge < -0.3 is 10.2 Å². The van der Waals surface area contributed by atoms with Gasteiger partial charge >= 0.3 is 0 Å². The van der Waals surface area contributed by atoms with Gasteiger partial charge in [-0.2, -0.15) is 0 Å². The van der Waals surface area contributed by atoms with Crippen molar-refractivity contribution in [3.8, 4) is 11.1 Å². The van der Waals surface area contributed by atoms with Crippen LogP contribution >= 0.6 is 12.4 Å². The summed E-state index contributed by atoms with van der Waals surface area (Å²) < 4.78 is 0. The number of benzene rings is 2. The summed E-state index contributed by atoms with van der Waals surface area (Å²) in [7, 11) is 0. The van der Waals surface area contributed by atoms with Crippen LogP contribution < -0.4 is 10.2 Å². The van der Waals surface area contributed by atoms with E-state index in [2.05, 4.69) is 52.7 Å². The summed E-state index contributed by atoms with van der Waals surface area (Å²) >= 11 is 0. The number of nitrogens with one attached hydrogen (secondary N) is 1. The van der Waals surface area contributed by atoms with Crippen LogP contribution in [0.5, 0.6) is 0 Å². The third-order valence-electron chi connectivity index (χ3n) is 6.03. The molecule has 24 heavy (non-hydrogen) atoms. The first-order valence-corrected chi connectivity index (χ1v) is 9.08. The molecule has 5 rings (SSSR count). The lowest BCUT2D eigenvalue weighted by Gasteiger charge is -2.39. The highest BCUT2D eigenvalue weighted by atomic mass is 35.5. The van der Waals surface area contributed by atoms with Gasteiger partial charge in [0, 0.05) is 31.9 Å². The summed E-state index contributed by atoms with van der Waals surface area (Å²) in [6.45, 7) is 4.55. The van der Waals surface area contributed by atoms with Crippen molar-refractivity contribution in [2.45, 2.75) is 31.7 Å². The van der Waals surface area contributed by atoms with Crippen molar-refractivity contribution < 1.29 is 0 Å². The summed E-state index contributed by atoms with van der Waals surface area (Å²) in [5.74, 6) is 1.67. The van der Waals surface area contributed by atoms with Gasteiger partial charge in [-0.25, -0.2) is 0 Å². The van der Waals surface area contributed by atoms with E-state index in [1.807, 2.05) is 0 Å². The minimum atomic E-state index is 0. The molecule has 1 fully saturated rings. The van der Waals surface area contributed by atoms with Crippen molar-refractivity contribution in [2.75, 3.05) is 24.5 Å². The molecule has 2 aromatic carbocycles. The van der Waals surface area contributed by atoms with E-state index in [9.17, 15) is 0 Å². The maximum absolute atomic E-state index is 3.63. The molecule has 0 bridgehead atoms. The van der Waals surface area contributed by atoms with Crippen LogP contribution in [0.25, 0.3) is 11.1 Å². The Balaban J connectivity index is 0.00000146. The van der Waals surface area contributed by atoms with Crippen molar-refractivity contribution >= 4 is 18.1 Å². The van der Waals surface area contributed by atoms with Crippen LogP contribution in [0.1, 0.15) is 36.3 Å². The quantitative estimate of drug-likeness (QED) is 0.817. The molecule has 2 atom stereocenters. The Kier molecular flexibility index (Phi) is 4.28. The highest BCUT2D eigenvalue weighted by molar-refractivity contribution is 5.85. The first-order valence-electron chi connectivity index (χ1n) is 9.08. The summed E-state index contributed by atoms with van der Waals surface area (Å²) in [4.78, 5) is 2.67. The lowest BCUT2D eigenvalue weighted by atomic mass is 9.81. The summed E-state index contributed by atoms with van der Waals surface area (Å²) in [6, 6.07) is 15.8. The van der Waals surface area contributed by atoms with Gasteiger partial charge in [0.1, 0.15) is 0 Å². The Morgan fingerprint density at radius 3 is 2.75 bits per heavy atom. The fraction of sp³-hybridized carbons (Fsp3) is 0.429. The van der Waals surface area contributed by atoms with E-state index in [4.69, 9.17) is 0 Å². The Morgan fingerprint density at radius 2 is 1.88 bits per heavy atom. The molecule has 0 spiro atoms. The van der Waals surface area contributed by atoms with Crippen LogP contribution in [-0.4, -0.2) is 19.6 Å². The van der Waals surface area contributed by atoms with E-state index in [1.165, 1.54) is 42.5 Å². The Labute approximate surface area is 150 Å². The second-order valence-electron chi connectivity index (χ2n) is 7.36. The molecular weight excluding hydrogens is 316 g/mol. The molecule has 0 radical (unpaired) electrons. The molecule has 2 aromatic rings. The van der Waals surface area contributed by atoms with Crippen LogP contribution in [-0.2, 0) is 6.54 Å². The Bertz CT molecular complexity index is 728. The maximum atomic E-state index is 3.63. The highest BCUT2D eigenvalue weighted by Gasteiger charge is 2.38. The average Bonchev–Trinajstić information content (AvgIpc) is 2.98. The first-order chi connectivity index (χ1) is 11.4. The van der Waals surface area contributed by atoms with Crippen LogP contribution in [0.3, 0.4) is 0 Å². The Hall–Kier alpha value is -1.51. The van der Waals surface area contributed by atoms with E-state index in [-0.39, 0.29) is 12.4 Å². The summed E-state index contributed by atoms with van der Waals surface area (Å²) in [5.41, 5.74) is 7.46. The molecule has 1 saturated carbocycles. The molecule has 2 nitrogen and oxygen atoms in total. The zero-order valence-corrected chi connectivity index (χ0v) is 14.8. The number of fused-ring (bicyclic) bond motifs is 2. The standard InChI is InChI=1S/C21H24N2.ClH/c1-2-5-15(6-3-1)17-11-18-13-22-9-10-23-14-16-7-4-8-19(16)20(12-17)21(18)23;/h1-3,5-6,11-12,16,19,22H,4,7-10,13-14H2;1H. The molecular formula is C21H25ClN2. The lowest BCUT2D eigenvalue weighted by molar-refractivity contribution is 0.454. The van der Waals surface area contributed by atoms with Crippen LogP contribution in [0.2, 0.25) is 0 Å². The van der Waals surface area contributed by atoms with Gasteiger partial charge in [0.2, 0.25) is 0 Å². The van der Waals surface area contributed by atoms with E-state index in [1.54, 1.807) is 11.3 Å². The van der Waals surface area contributed by atoms with Gasteiger partial charge in [0.25, 0.3) is 0 Å². The number of nitrogens with zero attached hydrogens (tertiary/aromatic N) is 1. The number of hydrogen-bond acceptors (Lipinski definition) is 2. The monoisotopic (exact) mass is 340 g/mol. The molecule has 1 N–H and O–H groups in total. The number of anilines is 1. The molecule has 3 aliphatic rings. The number of rotatable bonds is 1. The molecule has 2 aliphatic heterocycles. The van der Waals surface area contributed by atoms with Crippen molar-refractivity contribution in [2.24, 2.45) is 5.92 Å². The van der Waals surface area contributed by atoms with Crippen molar-refractivity contribution in [3.05, 3.63) is 53.6 Å². The van der Waals surface area contributed by atoms with Gasteiger partial charge in [0.15, 0.2) is 0 Å². The zero-order valence-electron chi connectivity index (χ0n) is 14.0. The largest absolute Gasteiger partial charge is 0.369 e.